The minimum Gasteiger partial charge on any atom is -0.318 e. The predicted molar refractivity (Wildman–Crippen MR) is 123 cm³/mol. The van der Waals surface area contributed by atoms with Crippen LogP contribution in [0.15, 0.2) is 24.4 Å². The third kappa shape index (κ3) is 4.51. The second-order valence-corrected chi connectivity index (χ2v) is 9.84. The lowest BCUT2D eigenvalue weighted by Gasteiger charge is -2.39. The number of halogens is 2. The lowest BCUT2D eigenvalue weighted by Crippen LogP contribution is -2.54. The molecule has 3 aromatic rings. The van der Waals surface area contributed by atoms with Gasteiger partial charge in [0, 0.05) is 35.3 Å². The van der Waals surface area contributed by atoms with E-state index in [0.29, 0.717) is 18.4 Å². The molecule has 0 aliphatic carbocycles. The molecule has 8 nitrogen and oxygen atoms in total. The van der Waals surface area contributed by atoms with Gasteiger partial charge in [0.1, 0.15) is 23.4 Å². The predicted octanol–water partition coefficient (Wildman–Crippen LogP) is 3.88. The number of piperidine rings is 1. The molecule has 11 heteroatoms. The number of nitrogens with zero attached hydrogens (tertiary/aromatic N) is 5. The second-order valence-electron chi connectivity index (χ2n) is 8.66. The number of benzene rings is 1. The number of amides is 2. The highest BCUT2D eigenvalue weighted by Crippen LogP contribution is 2.36. The second kappa shape index (κ2) is 9.22. The van der Waals surface area contributed by atoms with Gasteiger partial charge in [0.25, 0.3) is 0 Å². The Labute approximate surface area is 193 Å². The van der Waals surface area contributed by atoms with Crippen LogP contribution in [0.25, 0.3) is 21.5 Å². The Balaban J connectivity index is 1.29. The number of alkyl halides is 2. The van der Waals surface area contributed by atoms with E-state index < -0.39 is 19.4 Å². The van der Waals surface area contributed by atoms with Crippen molar-refractivity contribution in [3.05, 3.63) is 29.4 Å². The number of hydrogen-bond acceptors (Lipinski definition) is 7. The molecule has 2 aromatic heterocycles. The summed E-state index contributed by atoms with van der Waals surface area (Å²) in [4.78, 5) is 23.8. The van der Waals surface area contributed by atoms with Crippen molar-refractivity contribution in [2.75, 3.05) is 18.7 Å². The highest BCUT2D eigenvalue weighted by Gasteiger charge is 2.43. The first kappa shape index (κ1) is 22.0. The molecule has 2 saturated heterocycles. The Morgan fingerprint density at radius 3 is 2.64 bits per heavy atom. The summed E-state index contributed by atoms with van der Waals surface area (Å²) in [5.74, 6) is 0.243. The molecular formula is C22H25F2N7OS. The molecule has 2 amide bonds. The van der Waals surface area contributed by atoms with Crippen LogP contribution in [0.3, 0.4) is 0 Å². The van der Waals surface area contributed by atoms with Gasteiger partial charge in [-0.1, -0.05) is 23.5 Å². The van der Waals surface area contributed by atoms with Crippen LogP contribution in [0.2, 0.25) is 0 Å². The van der Waals surface area contributed by atoms with Gasteiger partial charge in [-0.15, -0.1) is 10.2 Å². The van der Waals surface area contributed by atoms with Gasteiger partial charge in [0.05, 0.1) is 11.6 Å². The summed E-state index contributed by atoms with van der Waals surface area (Å²) < 4.78 is 25.8. The molecule has 174 valence electrons. The smallest absolute Gasteiger partial charge is 0.318 e. The molecule has 5 rings (SSSR count). The highest BCUT2D eigenvalue weighted by molar-refractivity contribution is 7.14. The molecule has 2 aliphatic rings. The molecular weight excluding hydrogens is 448 g/mol. The van der Waals surface area contributed by atoms with Gasteiger partial charge in [-0.3, -0.25) is 5.32 Å². The summed E-state index contributed by atoms with van der Waals surface area (Å²) in [5, 5.41) is 16.7. The Morgan fingerprint density at radius 1 is 1.21 bits per heavy atom. The first-order valence-electron chi connectivity index (χ1n) is 11.1. The zero-order valence-corrected chi connectivity index (χ0v) is 19.0. The molecule has 2 aliphatic heterocycles. The first-order chi connectivity index (χ1) is 16.0. The fourth-order valence-electron chi connectivity index (χ4n) is 4.90. The third-order valence-electron chi connectivity index (χ3n) is 6.39. The van der Waals surface area contributed by atoms with Gasteiger partial charge in [-0.25, -0.2) is 23.5 Å². The molecule has 2 unspecified atom stereocenters. The molecule has 1 aromatic carbocycles. The van der Waals surface area contributed by atoms with E-state index in [1.54, 1.807) is 6.20 Å². The monoisotopic (exact) mass is 473 g/mol. The number of anilines is 1. The topological polar surface area (TPSA) is 95.9 Å². The Bertz CT molecular complexity index is 1140. The molecule has 4 heterocycles. The molecule has 33 heavy (non-hydrogen) atoms. The van der Waals surface area contributed by atoms with Gasteiger partial charge in [-0.05, 0) is 38.7 Å². The van der Waals surface area contributed by atoms with Crippen molar-refractivity contribution in [3.63, 3.8) is 0 Å². The molecule has 0 saturated carbocycles. The van der Waals surface area contributed by atoms with E-state index in [1.165, 1.54) is 11.3 Å². The minimum atomic E-state index is -0.769. The van der Waals surface area contributed by atoms with Crippen molar-refractivity contribution in [2.24, 2.45) is 0 Å². The van der Waals surface area contributed by atoms with Crippen molar-refractivity contribution < 1.29 is 13.6 Å². The largest absolute Gasteiger partial charge is 0.324 e. The van der Waals surface area contributed by atoms with Gasteiger partial charge < -0.3 is 10.2 Å². The zero-order chi connectivity index (χ0) is 22.9. The van der Waals surface area contributed by atoms with Crippen molar-refractivity contribution in [1.29, 1.82) is 0 Å². The first-order valence-corrected chi connectivity index (χ1v) is 11.9. The van der Waals surface area contributed by atoms with Crippen LogP contribution in [0, 0.1) is 6.92 Å². The van der Waals surface area contributed by atoms with Crippen molar-refractivity contribution in [2.45, 2.75) is 56.8 Å². The van der Waals surface area contributed by atoms with E-state index in [2.05, 4.69) is 30.8 Å². The quantitative estimate of drug-likeness (QED) is 0.564. The number of aryl methyl sites for hydroxylation is 1. The van der Waals surface area contributed by atoms with Gasteiger partial charge in [-0.2, -0.15) is 0 Å². The molecule has 2 atom stereocenters. The highest BCUT2D eigenvalue weighted by atomic mass is 32.1. The van der Waals surface area contributed by atoms with Crippen LogP contribution < -0.4 is 10.6 Å². The number of fused-ring (bicyclic) bond motifs is 3. The summed E-state index contributed by atoms with van der Waals surface area (Å²) in [6.45, 7) is 0.447. The van der Waals surface area contributed by atoms with Gasteiger partial charge in [0.15, 0.2) is 0 Å². The fraction of sp³-hybridized carbons (Fsp3) is 0.500. The van der Waals surface area contributed by atoms with Crippen molar-refractivity contribution in [1.82, 2.24) is 30.4 Å². The number of aromatic nitrogens is 4. The molecule has 2 fully saturated rings. The average Bonchev–Trinajstić information content (AvgIpc) is 3.37. The van der Waals surface area contributed by atoms with Crippen LogP contribution in [0.1, 0.15) is 30.7 Å². The van der Waals surface area contributed by atoms with E-state index in [0.717, 1.165) is 33.8 Å². The molecule has 2 N–H and O–H groups in total. The summed E-state index contributed by atoms with van der Waals surface area (Å²) in [5.41, 5.74) is 1.62. The average molecular weight is 474 g/mol. The summed E-state index contributed by atoms with van der Waals surface area (Å²) in [6.07, 6.45) is 4.82. The number of carbonyl (C=O) groups is 1. The third-order valence-corrected chi connectivity index (χ3v) is 7.27. The Kier molecular flexibility index (Phi) is 6.15. The lowest BCUT2D eigenvalue weighted by molar-refractivity contribution is 0.133. The maximum atomic E-state index is 13.1. The number of nitrogens with one attached hydrogen (secondary N) is 2. The summed E-state index contributed by atoms with van der Waals surface area (Å²) >= 11 is 1.51. The normalized spacial score (nSPS) is 22.3. The number of urea groups is 1. The summed E-state index contributed by atoms with van der Waals surface area (Å²) in [6, 6.07) is 4.88. The lowest BCUT2D eigenvalue weighted by atomic mass is 9.97. The Morgan fingerprint density at radius 2 is 1.97 bits per heavy atom. The standard InChI is InChI=1S/C22H25F2N7OS/c1-12-29-30-20(33-12)13-2-3-14-11-25-21(27-19(14)6-13)28-22(32)31-17-4-5-18(31)8-15(7-17)26-16(9-23)10-24/h2-3,6,11,15-18,26H,4-5,7-10H2,1H3,(H,25,27,28,32). The fourth-order valence-corrected chi connectivity index (χ4v) is 5.59. The van der Waals surface area contributed by atoms with E-state index in [4.69, 9.17) is 0 Å². The van der Waals surface area contributed by atoms with Crippen LogP contribution in [-0.2, 0) is 0 Å². The SMILES string of the molecule is Cc1nnc(-c2ccc3cnc(NC(=O)N4C5CCC4CC(NC(CF)CF)C5)nc3c2)s1. The Hall–Kier alpha value is -2.79. The van der Waals surface area contributed by atoms with Crippen LogP contribution in [-0.4, -0.2) is 68.6 Å². The number of rotatable bonds is 6. The van der Waals surface area contributed by atoms with E-state index >= 15 is 0 Å². The van der Waals surface area contributed by atoms with Crippen LogP contribution in [0.5, 0.6) is 0 Å². The molecule has 2 bridgehead atoms. The van der Waals surface area contributed by atoms with Crippen molar-refractivity contribution >= 4 is 34.2 Å². The number of carbonyl (C=O) groups excluding carboxylic acids is 1. The molecule has 0 radical (unpaired) electrons. The molecule has 0 spiro atoms. The van der Waals surface area contributed by atoms with Crippen molar-refractivity contribution in [3.8, 4) is 10.6 Å². The van der Waals surface area contributed by atoms with E-state index in [1.807, 2.05) is 30.0 Å². The van der Waals surface area contributed by atoms with E-state index in [9.17, 15) is 13.6 Å². The van der Waals surface area contributed by atoms with Gasteiger partial charge >= 0.3 is 6.03 Å². The maximum Gasteiger partial charge on any atom is 0.324 e. The van der Waals surface area contributed by atoms with Crippen LogP contribution in [0.4, 0.5) is 19.5 Å². The van der Waals surface area contributed by atoms with Gasteiger partial charge in [0.2, 0.25) is 5.95 Å². The zero-order valence-electron chi connectivity index (χ0n) is 18.2. The minimum absolute atomic E-state index is 0.0161. The van der Waals surface area contributed by atoms with Crippen LogP contribution >= 0.6 is 11.3 Å². The van der Waals surface area contributed by atoms with E-state index in [-0.39, 0.29) is 30.1 Å². The summed E-state index contributed by atoms with van der Waals surface area (Å²) in [7, 11) is 0. The number of hydrogen-bond donors (Lipinski definition) is 2. The maximum absolute atomic E-state index is 13.1.